The van der Waals surface area contributed by atoms with Crippen LogP contribution in [0.4, 0.5) is 13.2 Å². The summed E-state index contributed by atoms with van der Waals surface area (Å²) in [5.74, 6) is -0.408. The molecule has 0 aliphatic heterocycles. The molecule has 0 aliphatic rings. The highest BCUT2D eigenvalue weighted by atomic mass is 19.4. The summed E-state index contributed by atoms with van der Waals surface area (Å²) >= 11 is 0. The summed E-state index contributed by atoms with van der Waals surface area (Å²) in [7, 11) is 1.58. The molecule has 0 bridgehead atoms. The fraction of sp³-hybridized carbons (Fsp3) is 1.00. The van der Waals surface area contributed by atoms with E-state index in [4.69, 9.17) is 0 Å². The molecular formula is C12H24F3N. The van der Waals surface area contributed by atoms with Crippen molar-refractivity contribution < 1.29 is 13.2 Å². The van der Waals surface area contributed by atoms with Crippen molar-refractivity contribution in [2.24, 2.45) is 5.92 Å². The summed E-state index contributed by atoms with van der Waals surface area (Å²) < 4.78 is 38.6. The van der Waals surface area contributed by atoms with E-state index >= 15 is 0 Å². The Morgan fingerprint density at radius 3 is 1.94 bits per heavy atom. The van der Waals surface area contributed by atoms with Crippen molar-refractivity contribution in [3.05, 3.63) is 0 Å². The van der Waals surface area contributed by atoms with Crippen LogP contribution in [0.15, 0.2) is 0 Å². The predicted molar refractivity (Wildman–Crippen MR) is 61.4 cm³/mol. The predicted octanol–water partition coefficient (Wildman–Crippen LogP) is 4.08. The van der Waals surface area contributed by atoms with Crippen LogP contribution in [-0.4, -0.2) is 30.2 Å². The Hall–Kier alpha value is -0.250. The molecule has 98 valence electrons. The van der Waals surface area contributed by atoms with E-state index in [1.807, 2.05) is 6.92 Å². The highest BCUT2D eigenvalue weighted by molar-refractivity contribution is 4.82. The van der Waals surface area contributed by atoms with Gasteiger partial charge in [-0.25, -0.2) is 0 Å². The molecule has 0 amide bonds. The zero-order chi connectivity index (χ0) is 12.9. The van der Waals surface area contributed by atoms with Crippen molar-refractivity contribution in [2.45, 2.75) is 65.2 Å². The van der Waals surface area contributed by atoms with E-state index in [1.165, 1.54) is 4.90 Å². The maximum absolute atomic E-state index is 12.9. The first-order valence-electron chi connectivity index (χ1n) is 6.00. The van der Waals surface area contributed by atoms with Gasteiger partial charge in [0.1, 0.15) is 6.04 Å². The van der Waals surface area contributed by atoms with Crippen LogP contribution in [0.5, 0.6) is 0 Å². The standard InChI is InChI=1S/C12H24F3N/c1-6-7-8-10(4)16(5)11(9(2)3)12(13,14)15/h9-11H,6-8H2,1-5H3/t10-,11+/m1/s1. The summed E-state index contributed by atoms with van der Waals surface area (Å²) in [4.78, 5) is 1.47. The smallest absolute Gasteiger partial charge is 0.292 e. The quantitative estimate of drug-likeness (QED) is 0.675. The molecule has 0 spiro atoms. The van der Waals surface area contributed by atoms with Gasteiger partial charge in [0, 0.05) is 6.04 Å². The molecule has 0 radical (unpaired) electrons. The average Bonchev–Trinajstić information content (AvgIpc) is 2.10. The Morgan fingerprint density at radius 1 is 1.12 bits per heavy atom. The van der Waals surface area contributed by atoms with E-state index in [-0.39, 0.29) is 6.04 Å². The summed E-state index contributed by atoms with van der Waals surface area (Å²) in [5, 5.41) is 0. The van der Waals surface area contributed by atoms with E-state index in [0.29, 0.717) is 0 Å². The minimum absolute atomic E-state index is 0.0195. The molecule has 4 heteroatoms. The number of hydrogen-bond acceptors (Lipinski definition) is 1. The van der Waals surface area contributed by atoms with Gasteiger partial charge in [-0.3, -0.25) is 4.90 Å². The van der Waals surface area contributed by atoms with Crippen LogP contribution in [-0.2, 0) is 0 Å². The largest absolute Gasteiger partial charge is 0.404 e. The van der Waals surface area contributed by atoms with Gasteiger partial charge in [-0.1, -0.05) is 33.6 Å². The SMILES string of the molecule is CCCC[C@@H](C)N(C)[C@@H](C(C)C)C(F)(F)F. The highest BCUT2D eigenvalue weighted by Gasteiger charge is 2.45. The first-order valence-corrected chi connectivity index (χ1v) is 6.00. The van der Waals surface area contributed by atoms with Crippen molar-refractivity contribution in [1.82, 2.24) is 4.90 Å². The van der Waals surface area contributed by atoms with Crippen molar-refractivity contribution in [2.75, 3.05) is 7.05 Å². The van der Waals surface area contributed by atoms with Gasteiger partial charge >= 0.3 is 6.18 Å². The zero-order valence-electron chi connectivity index (χ0n) is 10.9. The Bertz CT molecular complexity index is 189. The number of halogens is 3. The van der Waals surface area contributed by atoms with E-state index in [9.17, 15) is 13.2 Å². The number of nitrogens with zero attached hydrogens (tertiary/aromatic N) is 1. The third kappa shape index (κ3) is 4.73. The summed E-state index contributed by atoms with van der Waals surface area (Å²) in [6, 6.07) is -1.35. The average molecular weight is 239 g/mol. The number of rotatable bonds is 6. The fourth-order valence-corrected chi connectivity index (χ4v) is 2.06. The van der Waals surface area contributed by atoms with E-state index < -0.39 is 18.1 Å². The van der Waals surface area contributed by atoms with Gasteiger partial charge in [0.15, 0.2) is 0 Å². The number of hydrogen-bond donors (Lipinski definition) is 0. The lowest BCUT2D eigenvalue weighted by molar-refractivity contribution is -0.196. The molecule has 0 aromatic rings. The Labute approximate surface area is 97.0 Å². The van der Waals surface area contributed by atoms with Crippen molar-refractivity contribution in [3.8, 4) is 0 Å². The van der Waals surface area contributed by atoms with Crippen molar-refractivity contribution in [3.63, 3.8) is 0 Å². The monoisotopic (exact) mass is 239 g/mol. The second-order valence-electron chi connectivity index (χ2n) is 4.89. The van der Waals surface area contributed by atoms with Crippen LogP contribution in [0.25, 0.3) is 0 Å². The second kappa shape index (κ2) is 6.48. The molecule has 0 aliphatic carbocycles. The van der Waals surface area contributed by atoms with Gasteiger partial charge in [-0.05, 0) is 26.3 Å². The lowest BCUT2D eigenvalue weighted by Gasteiger charge is -2.36. The molecule has 0 unspecified atom stereocenters. The summed E-state index contributed by atoms with van der Waals surface area (Å²) in [5.41, 5.74) is 0. The normalized spacial score (nSPS) is 16.9. The maximum atomic E-state index is 12.9. The fourth-order valence-electron chi connectivity index (χ4n) is 2.06. The van der Waals surface area contributed by atoms with Gasteiger partial charge in [0.05, 0.1) is 0 Å². The minimum atomic E-state index is -4.14. The molecule has 0 heterocycles. The van der Waals surface area contributed by atoms with Crippen molar-refractivity contribution >= 4 is 0 Å². The molecule has 0 aromatic heterocycles. The first-order chi connectivity index (χ1) is 7.21. The Morgan fingerprint density at radius 2 is 1.62 bits per heavy atom. The zero-order valence-corrected chi connectivity index (χ0v) is 10.9. The lowest BCUT2D eigenvalue weighted by atomic mass is 9.99. The van der Waals surface area contributed by atoms with Gasteiger partial charge in [-0.15, -0.1) is 0 Å². The molecule has 0 saturated heterocycles. The molecule has 16 heavy (non-hydrogen) atoms. The van der Waals surface area contributed by atoms with E-state index in [0.717, 1.165) is 19.3 Å². The molecule has 0 aromatic carbocycles. The Kier molecular flexibility index (Phi) is 6.38. The Balaban J connectivity index is 4.55. The summed E-state index contributed by atoms with van der Waals surface area (Å²) in [6.07, 6.45) is -1.31. The van der Waals surface area contributed by atoms with Crippen LogP contribution in [0.1, 0.15) is 47.0 Å². The van der Waals surface area contributed by atoms with Crippen LogP contribution < -0.4 is 0 Å². The third-order valence-corrected chi connectivity index (χ3v) is 3.08. The molecular weight excluding hydrogens is 215 g/mol. The highest BCUT2D eigenvalue weighted by Crippen LogP contribution is 2.31. The molecule has 2 atom stereocenters. The molecule has 0 fully saturated rings. The van der Waals surface area contributed by atoms with E-state index in [2.05, 4.69) is 6.92 Å². The number of alkyl halides is 3. The van der Waals surface area contributed by atoms with Gasteiger partial charge in [0.25, 0.3) is 0 Å². The molecule has 0 N–H and O–H groups in total. The van der Waals surface area contributed by atoms with Gasteiger partial charge in [-0.2, -0.15) is 13.2 Å². The van der Waals surface area contributed by atoms with Gasteiger partial charge in [0.2, 0.25) is 0 Å². The van der Waals surface area contributed by atoms with Crippen LogP contribution in [0, 0.1) is 5.92 Å². The molecule has 0 saturated carbocycles. The topological polar surface area (TPSA) is 3.24 Å². The maximum Gasteiger partial charge on any atom is 0.404 e. The summed E-state index contributed by atoms with van der Waals surface area (Å²) in [6.45, 7) is 7.18. The third-order valence-electron chi connectivity index (χ3n) is 3.08. The van der Waals surface area contributed by atoms with Crippen LogP contribution in [0.3, 0.4) is 0 Å². The number of unbranched alkanes of at least 4 members (excludes halogenated alkanes) is 1. The van der Waals surface area contributed by atoms with Crippen LogP contribution >= 0.6 is 0 Å². The molecule has 0 rings (SSSR count). The second-order valence-corrected chi connectivity index (χ2v) is 4.89. The first kappa shape index (κ1) is 15.8. The van der Waals surface area contributed by atoms with E-state index in [1.54, 1.807) is 20.9 Å². The lowest BCUT2D eigenvalue weighted by Crippen LogP contribution is -2.50. The minimum Gasteiger partial charge on any atom is -0.292 e. The van der Waals surface area contributed by atoms with Crippen molar-refractivity contribution in [1.29, 1.82) is 0 Å². The van der Waals surface area contributed by atoms with Gasteiger partial charge < -0.3 is 0 Å². The molecule has 1 nitrogen and oxygen atoms in total. The van der Waals surface area contributed by atoms with Crippen LogP contribution in [0.2, 0.25) is 0 Å².